The lowest BCUT2D eigenvalue weighted by atomic mass is 9.87. The van der Waals surface area contributed by atoms with Crippen LogP contribution in [0.4, 0.5) is 5.69 Å². The number of benzene rings is 3. The van der Waals surface area contributed by atoms with Crippen molar-refractivity contribution in [3.05, 3.63) is 78.5 Å². The van der Waals surface area contributed by atoms with Gasteiger partial charge in [0.1, 0.15) is 5.75 Å². The van der Waals surface area contributed by atoms with Gasteiger partial charge in [0.15, 0.2) is 0 Å². The van der Waals surface area contributed by atoms with Crippen molar-refractivity contribution in [3.63, 3.8) is 0 Å². The van der Waals surface area contributed by atoms with Crippen molar-refractivity contribution in [1.29, 1.82) is 0 Å². The summed E-state index contributed by atoms with van der Waals surface area (Å²) in [5.74, 6) is -0.396. The topological polar surface area (TPSA) is 124 Å². The maximum Gasteiger partial charge on any atom is 0.317 e. The van der Waals surface area contributed by atoms with Crippen LogP contribution in [0.5, 0.6) is 17.6 Å². The molecule has 0 bridgehead atoms. The molecule has 2 heterocycles. The molecule has 0 saturated carbocycles. The molecule has 0 fully saturated rings. The number of aromatic nitrogens is 2. The Kier molecular flexibility index (Phi) is 5.13. The van der Waals surface area contributed by atoms with Crippen LogP contribution in [0.15, 0.2) is 77.8 Å². The lowest BCUT2D eigenvalue weighted by molar-refractivity contribution is 0.399. The fourth-order valence-electron chi connectivity index (χ4n) is 4.42. The lowest BCUT2D eigenvalue weighted by Crippen LogP contribution is -2.37. The Morgan fingerprint density at radius 2 is 1.65 bits per heavy atom. The standard InChI is InChI=1S/C25H21N3O5S/c1-2-22-19-6-4-3-5-18(19)20-13-15(21-14-26-25(31)27-24(21)30)7-12-23(20)28(22)34(32,33)17-10-8-16(29)9-11-17/h3-14,22,29H,2H2,1H3,(H2,26,27,30,31). The number of hydrogen-bond acceptors (Lipinski definition) is 7. The van der Waals surface area contributed by atoms with E-state index in [0.717, 1.165) is 11.1 Å². The molecule has 1 unspecified atom stereocenters. The SMILES string of the molecule is CCC1c2ccccc2-c2cc(-c3cnc(O)nc3O)ccc2N1S(=O)(=O)c1ccc(O)cc1. The van der Waals surface area contributed by atoms with Crippen LogP contribution in [0.1, 0.15) is 24.9 Å². The quantitative estimate of drug-likeness (QED) is 0.394. The van der Waals surface area contributed by atoms with Crippen molar-refractivity contribution in [3.8, 4) is 39.9 Å². The van der Waals surface area contributed by atoms with Crippen LogP contribution >= 0.6 is 0 Å². The minimum Gasteiger partial charge on any atom is -0.508 e. The Morgan fingerprint density at radius 3 is 2.35 bits per heavy atom. The first-order valence-corrected chi connectivity index (χ1v) is 12.1. The van der Waals surface area contributed by atoms with Gasteiger partial charge in [-0.25, -0.2) is 13.4 Å². The molecule has 3 N–H and O–H groups in total. The first-order chi connectivity index (χ1) is 16.3. The van der Waals surface area contributed by atoms with E-state index in [1.807, 2.05) is 31.2 Å². The summed E-state index contributed by atoms with van der Waals surface area (Å²) >= 11 is 0. The minimum absolute atomic E-state index is 0.0176. The summed E-state index contributed by atoms with van der Waals surface area (Å²) in [6.07, 6.45) is 1.86. The Morgan fingerprint density at radius 1 is 0.912 bits per heavy atom. The number of aromatic hydroxyl groups is 3. The van der Waals surface area contributed by atoms with Gasteiger partial charge in [0.25, 0.3) is 10.0 Å². The predicted molar refractivity (Wildman–Crippen MR) is 127 cm³/mol. The van der Waals surface area contributed by atoms with Crippen LogP contribution in [-0.4, -0.2) is 33.7 Å². The first-order valence-electron chi connectivity index (χ1n) is 10.6. The molecule has 0 amide bonds. The molecular formula is C25H21N3O5S. The summed E-state index contributed by atoms with van der Waals surface area (Å²) < 4.78 is 29.1. The minimum atomic E-state index is -3.97. The molecule has 1 aliphatic heterocycles. The van der Waals surface area contributed by atoms with Gasteiger partial charge in [0.2, 0.25) is 5.88 Å². The Balaban J connectivity index is 1.75. The maximum atomic E-state index is 13.8. The first kappa shape index (κ1) is 21.7. The van der Waals surface area contributed by atoms with Gasteiger partial charge in [-0.3, -0.25) is 4.31 Å². The van der Waals surface area contributed by atoms with Crippen molar-refractivity contribution in [2.24, 2.45) is 0 Å². The normalized spacial score (nSPS) is 15.0. The summed E-state index contributed by atoms with van der Waals surface area (Å²) in [5.41, 5.74) is 3.81. The average Bonchev–Trinajstić information content (AvgIpc) is 2.83. The van der Waals surface area contributed by atoms with Gasteiger partial charge >= 0.3 is 6.01 Å². The fraction of sp³-hybridized carbons (Fsp3) is 0.120. The van der Waals surface area contributed by atoms with E-state index >= 15 is 0 Å². The largest absolute Gasteiger partial charge is 0.508 e. The summed E-state index contributed by atoms with van der Waals surface area (Å²) in [5, 5.41) is 29.3. The molecule has 9 heteroatoms. The van der Waals surface area contributed by atoms with Crippen molar-refractivity contribution in [1.82, 2.24) is 9.97 Å². The predicted octanol–water partition coefficient (Wildman–Crippen LogP) is 4.59. The second-order valence-electron chi connectivity index (χ2n) is 7.95. The van der Waals surface area contributed by atoms with Crippen molar-refractivity contribution in [2.45, 2.75) is 24.3 Å². The van der Waals surface area contributed by atoms with Crippen LogP contribution in [0, 0.1) is 0 Å². The average molecular weight is 476 g/mol. The summed E-state index contributed by atoms with van der Waals surface area (Å²) in [7, 11) is -3.97. The number of nitrogens with zero attached hydrogens (tertiary/aromatic N) is 3. The Labute approximate surface area is 196 Å². The van der Waals surface area contributed by atoms with Crippen molar-refractivity contribution >= 4 is 15.7 Å². The van der Waals surface area contributed by atoms with Crippen LogP contribution < -0.4 is 4.31 Å². The van der Waals surface area contributed by atoms with E-state index in [4.69, 9.17) is 0 Å². The molecule has 0 spiro atoms. The van der Waals surface area contributed by atoms with Gasteiger partial charge < -0.3 is 15.3 Å². The number of phenolic OH excluding ortho intramolecular Hbond substituents is 1. The lowest BCUT2D eigenvalue weighted by Gasteiger charge is -2.39. The molecule has 34 heavy (non-hydrogen) atoms. The maximum absolute atomic E-state index is 13.8. The van der Waals surface area contributed by atoms with Crippen LogP contribution in [0.3, 0.4) is 0 Å². The summed E-state index contributed by atoms with van der Waals surface area (Å²) in [6, 6.07) is 17.3. The molecule has 0 saturated heterocycles. The third-order valence-electron chi connectivity index (χ3n) is 5.97. The van der Waals surface area contributed by atoms with Crippen LogP contribution in [0.25, 0.3) is 22.3 Å². The van der Waals surface area contributed by atoms with E-state index in [2.05, 4.69) is 9.97 Å². The van der Waals surface area contributed by atoms with Gasteiger partial charge in [-0.15, -0.1) is 0 Å². The van der Waals surface area contributed by atoms with Gasteiger partial charge in [-0.1, -0.05) is 37.3 Å². The van der Waals surface area contributed by atoms with E-state index < -0.39 is 22.1 Å². The zero-order valence-corrected chi connectivity index (χ0v) is 18.9. The highest BCUT2D eigenvalue weighted by atomic mass is 32.2. The van der Waals surface area contributed by atoms with Crippen LogP contribution in [0.2, 0.25) is 0 Å². The smallest absolute Gasteiger partial charge is 0.317 e. The number of fused-ring (bicyclic) bond motifs is 3. The third kappa shape index (κ3) is 3.41. The second-order valence-corrected chi connectivity index (χ2v) is 9.76. The van der Waals surface area contributed by atoms with E-state index in [9.17, 15) is 23.7 Å². The van der Waals surface area contributed by atoms with Gasteiger partial charge in [-0.05, 0) is 59.5 Å². The third-order valence-corrected chi connectivity index (χ3v) is 7.81. The molecule has 1 aromatic heterocycles. The fourth-order valence-corrected chi connectivity index (χ4v) is 6.14. The summed E-state index contributed by atoms with van der Waals surface area (Å²) in [6.45, 7) is 1.94. The van der Waals surface area contributed by atoms with Crippen molar-refractivity contribution in [2.75, 3.05) is 4.31 Å². The Bertz CT molecular complexity index is 1500. The zero-order chi connectivity index (χ0) is 24.0. The van der Waals surface area contributed by atoms with Gasteiger partial charge in [0, 0.05) is 11.8 Å². The monoisotopic (exact) mass is 475 g/mol. The van der Waals surface area contributed by atoms with Gasteiger partial charge in [0.05, 0.1) is 22.2 Å². The molecule has 4 aromatic rings. The Hall–Kier alpha value is -4.11. The number of rotatable bonds is 4. The van der Waals surface area contributed by atoms with E-state index in [-0.39, 0.29) is 16.5 Å². The highest BCUT2D eigenvalue weighted by molar-refractivity contribution is 7.92. The van der Waals surface area contributed by atoms with Gasteiger partial charge in [-0.2, -0.15) is 4.98 Å². The molecule has 1 aliphatic rings. The highest BCUT2D eigenvalue weighted by Crippen LogP contribution is 2.49. The molecule has 5 rings (SSSR count). The van der Waals surface area contributed by atoms with Crippen molar-refractivity contribution < 1.29 is 23.7 Å². The van der Waals surface area contributed by atoms with Crippen LogP contribution in [-0.2, 0) is 10.0 Å². The van der Waals surface area contributed by atoms with E-state index in [0.29, 0.717) is 28.8 Å². The molecule has 1 atom stereocenters. The molecule has 172 valence electrons. The zero-order valence-electron chi connectivity index (χ0n) is 18.1. The molecule has 0 aliphatic carbocycles. The van der Waals surface area contributed by atoms with E-state index in [1.165, 1.54) is 34.8 Å². The number of anilines is 1. The number of hydrogen-bond donors (Lipinski definition) is 3. The molecular weight excluding hydrogens is 454 g/mol. The molecule has 8 nitrogen and oxygen atoms in total. The molecule has 3 aromatic carbocycles. The molecule has 0 radical (unpaired) electrons. The van der Waals surface area contributed by atoms with E-state index in [1.54, 1.807) is 18.2 Å². The summed E-state index contributed by atoms with van der Waals surface area (Å²) in [4.78, 5) is 7.43. The highest BCUT2D eigenvalue weighted by Gasteiger charge is 2.38. The number of phenols is 1. The second kappa shape index (κ2) is 8.03. The number of sulfonamides is 1.